The molecular formula is C11H12NOS2. The molecule has 1 aromatic rings. The zero-order valence-corrected chi connectivity index (χ0v) is 10.0. The van der Waals surface area contributed by atoms with Crippen LogP contribution in [0, 0.1) is 0 Å². The Balaban J connectivity index is 2.41. The topological polar surface area (TPSA) is 29.1 Å². The fraction of sp³-hybridized carbons (Fsp3) is 0.273. The molecule has 0 saturated carbocycles. The van der Waals surface area contributed by atoms with E-state index in [2.05, 4.69) is 10.7 Å². The minimum Gasteiger partial charge on any atom is -0.348 e. The van der Waals surface area contributed by atoms with Gasteiger partial charge in [-0.05, 0) is 12.1 Å². The largest absolute Gasteiger partial charge is 0.348 e. The maximum Gasteiger partial charge on any atom is 0.217 e. The Morgan fingerprint density at radius 3 is 2.73 bits per heavy atom. The molecule has 0 bridgehead atoms. The highest BCUT2D eigenvalue weighted by Gasteiger charge is 2.07. The summed E-state index contributed by atoms with van der Waals surface area (Å²) in [7, 11) is 0. The summed E-state index contributed by atoms with van der Waals surface area (Å²) in [6.07, 6.45) is 0. The molecule has 1 atom stereocenters. The maximum atomic E-state index is 10.8. The van der Waals surface area contributed by atoms with Crippen molar-refractivity contribution >= 4 is 35.3 Å². The number of hydrogen-bond acceptors (Lipinski definition) is 3. The molecular weight excluding hydrogens is 226 g/mol. The van der Waals surface area contributed by atoms with E-state index in [0.717, 1.165) is 4.90 Å². The number of benzene rings is 1. The smallest absolute Gasteiger partial charge is 0.217 e. The summed E-state index contributed by atoms with van der Waals surface area (Å²) in [5, 5.41) is 5.36. The summed E-state index contributed by atoms with van der Waals surface area (Å²) >= 11 is 6.38. The average Bonchev–Trinajstić information content (AvgIpc) is 2.25. The van der Waals surface area contributed by atoms with Gasteiger partial charge in [0.25, 0.3) is 0 Å². The summed E-state index contributed by atoms with van der Waals surface area (Å²) < 4.78 is 0. The minimum atomic E-state index is -0.164. The fourth-order valence-electron chi connectivity index (χ4n) is 1.05. The van der Waals surface area contributed by atoms with Crippen molar-refractivity contribution in [2.75, 3.05) is 5.75 Å². The number of carbonyl (C=O) groups is 1. The van der Waals surface area contributed by atoms with Crippen molar-refractivity contribution in [2.45, 2.75) is 17.9 Å². The predicted molar refractivity (Wildman–Crippen MR) is 67.4 cm³/mol. The molecule has 1 rings (SSSR count). The summed E-state index contributed by atoms with van der Waals surface area (Å²) in [6, 6.07) is 9.83. The molecule has 1 amide bonds. The van der Waals surface area contributed by atoms with Gasteiger partial charge in [-0.25, -0.2) is 0 Å². The second kappa shape index (κ2) is 6.58. The van der Waals surface area contributed by atoms with E-state index >= 15 is 0 Å². The summed E-state index contributed by atoms with van der Waals surface area (Å²) in [5.74, 6) is 0.638. The Labute approximate surface area is 99.4 Å². The summed E-state index contributed by atoms with van der Waals surface area (Å²) in [5.41, 5.74) is 0. The molecule has 0 aromatic heterocycles. The third-order valence-corrected chi connectivity index (χ3v) is 3.07. The van der Waals surface area contributed by atoms with Gasteiger partial charge in [0.2, 0.25) is 5.91 Å². The number of carbonyl (C=O) groups excluding carboxylic acids is 1. The minimum absolute atomic E-state index is 0.0778. The predicted octanol–water partition coefficient (Wildman–Crippen LogP) is 2.16. The molecule has 0 fully saturated rings. The molecule has 2 nitrogen and oxygen atoms in total. The standard InChI is InChI=1S/C11H12NOS2/c1-9(13)12-10(7-14)8-15-11-5-3-2-4-6-11/h2-6,10H,8H2,1H3,(H,12,13). The Kier molecular flexibility index (Phi) is 5.36. The van der Waals surface area contributed by atoms with Crippen LogP contribution < -0.4 is 5.32 Å². The lowest BCUT2D eigenvalue weighted by molar-refractivity contribution is -0.119. The Morgan fingerprint density at radius 1 is 1.53 bits per heavy atom. The first-order valence-corrected chi connectivity index (χ1v) is 5.94. The van der Waals surface area contributed by atoms with Gasteiger partial charge >= 0.3 is 0 Å². The molecule has 1 radical (unpaired) electrons. The molecule has 0 saturated heterocycles. The van der Waals surface area contributed by atoms with E-state index in [-0.39, 0.29) is 11.9 Å². The molecule has 0 aliphatic rings. The maximum absolute atomic E-state index is 10.8. The number of thioether (sulfide) groups is 1. The average molecular weight is 238 g/mol. The lowest BCUT2D eigenvalue weighted by Crippen LogP contribution is -2.35. The van der Waals surface area contributed by atoms with Crippen LogP contribution in [0.3, 0.4) is 0 Å². The molecule has 1 aromatic carbocycles. The normalized spacial score (nSPS) is 11.8. The number of amides is 1. The lowest BCUT2D eigenvalue weighted by atomic mass is 10.4. The van der Waals surface area contributed by atoms with Gasteiger partial charge in [0.05, 0.1) is 11.4 Å². The Morgan fingerprint density at radius 2 is 2.20 bits per heavy atom. The van der Waals surface area contributed by atoms with Crippen molar-refractivity contribution in [3.63, 3.8) is 0 Å². The zero-order valence-electron chi connectivity index (χ0n) is 8.40. The summed E-state index contributed by atoms with van der Waals surface area (Å²) in [6.45, 7) is 1.48. The van der Waals surface area contributed by atoms with E-state index < -0.39 is 0 Å². The molecule has 0 aliphatic carbocycles. The molecule has 1 N–H and O–H groups in total. The SMILES string of the molecule is CC(=O)NC([C]=S)CSc1ccccc1. The highest BCUT2D eigenvalue weighted by Crippen LogP contribution is 2.17. The van der Waals surface area contributed by atoms with Crippen LogP contribution in [-0.4, -0.2) is 23.1 Å². The molecule has 79 valence electrons. The van der Waals surface area contributed by atoms with Gasteiger partial charge in [0.15, 0.2) is 0 Å². The van der Waals surface area contributed by atoms with Gasteiger partial charge < -0.3 is 5.32 Å². The Hall–Kier alpha value is -0.870. The highest BCUT2D eigenvalue weighted by atomic mass is 32.2. The van der Waals surface area contributed by atoms with E-state index in [0.29, 0.717) is 5.75 Å². The van der Waals surface area contributed by atoms with Crippen LogP contribution in [0.5, 0.6) is 0 Å². The monoisotopic (exact) mass is 238 g/mol. The highest BCUT2D eigenvalue weighted by molar-refractivity contribution is 7.99. The van der Waals surface area contributed by atoms with Crippen molar-refractivity contribution in [3.05, 3.63) is 30.3 Å². The van der Waals surface area contributed by atoms with Crippen molar-refractivity contribution in [1.82, 2.24) is 5.32 Å². The van der Waals surface area contributed by atoms with Gasteiger partial charge in [0, 0.05) is 17.6 Å². The van der Waals surface area contributed by atoms with Crippen LogP contribution in [0.15, 0.2) is 35.2 Å². The van der Waals surface area contributed by atoms with Gasteiger partial charge in [-0.2, -0.15) is 0 Å². The number of nitrogens with one attached hydrogen (secondary N) is 1. The van der Waals surface area contributed by atoms with Crippen LogP contribution >= 0.6 is 24.0 Å². The third-order valence-electron chi connectivity index (χ3n) is 1.68. The van der Waals surface area contributed by atoms with Crippen LogP contribution in [0.1, 0.15) is 6.92 Å². The second-order valence-electron chi connectivity index (χ2n) is 3.00. The molecule has 0 heterocycles. The van der Waals surface area contributed by atoms with E-state index in [1.165, 1.54) is 6.92 Å². The lowest BCUT2D eigenvalue weighted by Gasteiger charge is -2.11. The first-order chi connectivity index (χ1) is 7.22. The van der Waals surface area contributed by atoms with E-state index in [9.17, 15) is 4.79 Å². The van der Waals surface area contributed by atoms with Crippen molar-refractivity contribution in [2.24, 2.45) is 0 Å². The van der Waals surface area contributed by atoms with Crippen molar-refractivity contribution in [3.8, 4) is 0 Å². The molecule has 0 spiro atoms. The molecule has 15 heavy (non-hydrogen) atoms. The molecule has 4 heteroatoms. The summed E-state index contributed by atoms with van der Waals surface area (Å²) in [4.78, 5) is 12.0. The van der Waals surface area contributed by atoms with Gasteiger partial charge in [-0.15, -0.1) is 11.8 Å². The number of thiocarbonyl (C=S) groups is 1. The Bertz CT molecular complexity index is 327. The van der Waals surface area contributed by atoms with Crippen molar-refractivity contribution < 1.29 is 4.79 Å². The first kappa shape index (κ1) is 12.2. The number of rotatable bonds is 5. The van der Waals surface area contributed by atoms with Gasteiger partial charge in [0.1, 0.15) is 0 Å². The molecule has 1 unspecified atom stereocenters. The second-order valence-corrected chi connectivity index (χ2v) is 4.32. The quantitative estimate of drug-likeness (QED) is 0.629. The van der Waals surface area contributed by atoms with Crippen LogP contribution in [0.25, 0.3) is 0 Å². The number of hydrogen-bond donors (Lipinski definition) is 1. The van der Waals surface area contributed by atoms with Crippen LogP contribution in [0.4, 0.5) is 0 Å². The molecule has 0 aliphatic heterocycles. The van der Waals surface area contributed by atoms with Crippen LogP contribution in [0.2, 0.25) is 0 Å². The van der Waals surface area contributed by atoms with E-state index in [4.69, 9.17) is 12.2 Å². The van der Waals surface area contributed by atoms with Gasteiger partial charge in [-0.3, -0.25) is 4.79 Å². The van der Waals surface area contributed by atoms with E-state index in [1.54, 1.807) is 11.8 Å². The van der Waals surface area contributed by atoms with Crippen molar-refractivity contribution in [1.29, 1.82) is 0 Å². The fourth-order valence-corrected chi connectivity index (χ4v) is 2.17. The van der Waals surface area contributed by atoms with E-state index in [1.807, 2.05) is 30.3 Å². The third kappa shape index (κ3) is 4.95. The zero-order chi connectivity index (χ0) is 11.1. The van der Waals surface area contributed by atoms with Gasteiger partial charge in [-0.1, -0.05) is 30.4 Å². The van der Waals surface area contributed by atoms with Crippen LogP contribution in [-0.2, 0) is 4.79 Å². The first-order valence-electron chi connectivity index (χ1n) is 4.55.